The molecule has 2 N–H and O–H groups in total. The summed E-state index contributed by atoms with van der Waals surface area (Å²) >= 11 is 0. The van der Waals surface area contributed by atoms with Crippen molar-refractivity contribution < 1.29 is 9.53 Å². The molecule has 0 saturated heterocycles. The second kappa shape index (κ2) is 4.61. The number of pyridine rings is 1. The van der Waals surface area contributed by atoms with Crippen molar-refractivity contribution in [3.8, 4) is 5.88 Å². The molecule has 2 rings (SSSR count). The van der Waals surface area contributed by atoms with E-state index in [1.165, 1.54) is 6.92 Å². The summed E-state index contributed by atoms with van der Waals surface area (Å²) in [7, 11) is 1.58. The molecule has 0 aromatic carbocycles. The molecule has 5 heteroatoms. The van der Waals surface area contributed by atoms with Gasteiger partial charge >= 0.3 is 0 Å². The van der Waals surface area contributed by atoms with Crippen LogP contribution in [0.4, 0.5) is 5.69 Å². The number of methoxy groups -OCH3 is 1. The van der Waals surface area contributed by atoms with Crippen LogP contribution in [-0.2, 0) is 4.79 Å². The summed E-state index contributed by atoms with van der Waals surface area (Å²) in [4.78, 5) is 15.6. The number of fused-ring (bicyclic) bond motifs is 1. The summed E-state index contributed by atoms with van der Waals surface area (Å²) in [5.74, 6) is 0.523. The summed E-state index contributed by atoms with van der Waals surface area (Å²) in [6.45, 7) is 3.61. The number of anilines is 1. The minimum atomic E-state index is -0.0474. The molecular weight excluding hydrogens is 218 g/mol. The van der Waals surface area contributed by atoms with E-state index in [4.69, 9.17) is 4.74 Å². The van der Waals surface area contributed by atoms with E-state index < -0.39 is 0 Å². The number of nitrogens with zero attached hydrogens (tertiary/aromatic N) is 1. The summed E-state index contributed by atoms with van der Waals surface area (Å²) in [5, 5.41) is 6.27. The van der Waals surface area contributed by atoms with Crippen LogP contribution in [0.25, 0.3) is 0 Å². The standard InChI is InChI=1S/C12H17N3O2/c1-7-6-10(14-8(2)16)12-9(13-7)4-5-11(15-12)17-3/h4-5,7,10,13H,6H2,1-3H3,(H,14,16)/t7-,10+/m1/s1. The van der Waals surface area contributed by atoms with Crippen LogP contribution in [0.15, 0.2) is 12.1 Å². The van der Waals surface area contributed by atoms with Crippen molar-refractivity contribution in [2.75, 3.05) is 12.4 Å². The Morgan fingerprint density at radius 1 is 1.59 bits per heavy atom. The quantitative estimate of drug-likeness (QED) is 0.814. The minimum Gasteiger partial charge on any atom is -0.481 e. The molecule has 1 aliphatic heterocycles. The Hall–Kier alpha value is -1.78. The van der Waals surface area contributed by atoms with Crippen LogP contribution in [0.1, 0.15) is 32.0 Å². The Kier molecular flexibility index (Phi) is 3.17. The minimum absolute atomic E-state index is 0.0420. The molecule has 0 radical (unpaired) electrons. The molecular formula is C12H17N3O2. The lowest BCUT2D eigenvalue weighted by Crippen LogP contribution is -2.35. The zero-order chi connectivity index (χ0) is 12.4. The van der Waals surface area contributed by atoms with Crippen molar-refractivity contribution in [1.82, 2.24) is 10.3 Å². The molecule has 2 atom stereocenters. The van der Waals surface area contributed by atoms with Crippen molar-refractivity contribution in [1.29, 1.82) is 0 Å². The maximum absolute atomic E-state index is 11.2. The van der Waals surface area contributed by atoms with Gasteiger partial charge in [-0.2, -0.15) is 0 Å². The highest BCUT2D eigenvalue weighted by atomic mass is 16.5. The largest absolute Gasteiger partial charge is 0.481 e. The van der Waals surface area contributed by atoms with Crippen LogP contribution in [-0.4, -0.2) is 24.0 Å². The lowest BCUT2D eigenvalue weighted by atomic mass is 9.98. The number of hydrogen-bond acceptors (Lipinski definition) is 4. The fourth-order valence-corrected chi connectivity index (χ4v) is 2.12. The van der Waals surface area contributed by atoms with Gasteiger partial charge in [-0.05, 0) is 19.4 Å². The van der Waals surface area contributed by atoms with E-state index in [-0.39, 0.29) is 11.9 Å². The van der Waals surface area contributed by atoms with Gasteiger partial charge in [0.2, 0.25) is 11.8 Å². The number of carbonyl (C=O) groups excluding carboxylic acids is 1. The van der Waals surface area contributed by atoms with Crippen LogP contribution < -0.4 is 15.4 Å². The third-order valence-electron chi connectivity index (χ3n) is 2.81. The SMILES string of the molecule is COc1ccc2c(n1)[C@@H](NC(C)=O)C[C@@H](C)N2. The van der Waals surface area contributed by atoms with Gasteiger partial charge < -0.3 is 15.4 Å². The van der Waals surface area contributed by atoms with Crippen LogP contribution in [0.5, 0.6) is 5.88 Å². The van der Waals surface area contributed by atoms with E-state index in [0.29, 0.717) is 11.9 Å². The third-order valence-corrected chi connectivity index (χ3v) is 2.81. The number of nitrogens with one attached hydrogen (secondary N) is 2. The summed E-state index contributed by atoms with van der Waals surface area (Å²) in [5.41, 5.74) is 1.81. The average molecular weight is 235 g/mol. The second-order valence-electron chi connectivity index (χ2n) is 4.32. The van der Waals surface area contributed by atoms with Crippen LogP contribution in [0, 0.1) is 0 Å². The Bertz CT molecular complexity index is 434. The van der Waals surface area contributed by atoms with Gasteiger partial charge in [0.15, 0.2) is 0 Å². The molecule has 0 bridgehead atoms. The number of aromatic nitrogens is 1. The summed E-state index contributed by atoms with van der Waals surface area (Å²) in [6, 6.07) is 4.02. The normalized spacial score (nSPS) is 22.3. The van der Waals surface area contributed by atoms with Crippen molar-refractivity contribution in [3.05, 3.63) is 17.8 Å². The predicted molar refractivity (Wildman–Crippen MR) is 65.0 cm³/mol. The van der Waals surface area contributed by atoms with Gasteiger partial charge in [0.25, 0.3) is 0 Å². The zero-order valence-corrected chi connectivity index (χ0v) is 10.3. The zero-order valence-electron chi connectivity index (χ0n) is 10.3. The van der Waals surface area contributed by atoms with E-state index in [1.54, 1.807) is 7.11 Å². The Labute approximate surface area is 101 Å². The maximum Gasteiger partial charge on any atom is 0.217 e. The molecule has 1 amide bonds. The highest BCUT2D eigenvalue weighted by Crippen LogP contribution is 2.32. The molecule has 17 heavy (non-hydrogen) atoms. The highest BCUT2D eigenvalue weighted by molar-refractivity contribution is 5.74. The van der Waals surface area contributed by atoms with Gasteiger partial charge in [-0.3, -0.25) is 4.79 Å². The van der Waals surface area contributed by atoms with Gasteiger partial charge in [-0.25, -0.2) is 4.98 Å². The van der Waals surface area contributed by atoms with E-state index in [9.17, 15) is 4.79 Å². The molecule has 0 spiro atoms. The summed E-state index contributed by atoms with van der Waals surface area (Å²) in [6.07, 6.45) is 0.826. The third kappa shape index (κ3) is 2.49. The molecule has 0 saturated carbocycles. The van der Waals surface area contributed by atoms with Crippen molar-refractivity contribution >= 4 is 11.6 Å². The first-order valence-corrected chi connectivity index (χ1v) is 5.68. The van der Waals surface area contributed by atoms with Crippen molar-refractivity contribution in [3.63, 3.8) is 0 Å². The van der Waals surface area contributed by atoms with Gasteiger partial charge in [-0.15, -0.1) is 0 Å². The summed E-state index contributed by atoms with van der Waals surface area (Å²) < 4.78 is 5.11. The molecule has 0 aliphatic carbocycles. The van der Waals surface area contributed by atoms with Gasteiger partial charge in [0.1, 0.15) is 0 Å². The number of ether oxygens (including phenoxy) is 1. The fraction of sp³-hybridized carbons (Fsp3) is 0.500. The molecule has 2 heterocycles. The predicted octanol–water partition coefficient (Wildman–Crippen LogP) is 1.47. The van der Waals surface area contributed by atoms with E-state index in [1.807, 2.05) is 12.1 Å². The number of hydrogen-bond donors (Lipinski definition) is 2. The molecule has 5 nitrogen and oxygen atoms in total. The Morgan fingerprint density at radius 2 is 2.35 bits per heavy atom. The molecule has 0 fully saturated rings. The van der Waals surface area contributed by atoms with E-state index >= 15 is 0 Å². The molecule has 1 aromatic heterocycles. The maximum atomic E-state index is 11.2. The monoisotopic (exact) mass is 235 g/mol. The van der Waals surface area contributed by atoms with Gasteiger partial charge in [0.05, 0.1) is 24.5 Å². The van der Waals surface area contributed by atoms with Crippen LogP contribution in [0.3, 0.4) is 0 Å². The lowest BCUT2D eigenvalue weighted by molar-refractivity contribution is -0.119. The highest BCUT2D eigenvalue weighted by Gasteiger charge is 2.26. The number of amides is 1. The molecule has 1 aromatic rings. The first-order valence-electron chi connectivity index (χ1n) is 5.68. The van der Waals surface area contributed by atoms with Gasteiger partial charge in [0, 0.05) is 19.0 Å². The Balaban J connectivity index is 2.35. The topological polar surface area (TPSA) is 63.2 Å². The first kappa shape index (κ1) is 11.7. The average Bonchev–Trinajstić information content (AvgIpc) is 2.27. The molecule has 1 aliphatic rings. The van der Waals surface area contributed by atoms with Crippen molar-refractivity contribution in [2.45, 2.75) is 32.4 Å². The van der Waals surface area contributed by atoms with Gasteiger partial charge in [-0.1, -0.05) is 0 Å². The second-order valence-corrected chi connectivity index (χ2v) is 4.32. The smallest absolute Gasteiger partial charge is 0.217 e. The van der Waals surface area contributed by atoms with Crippen molar-refractivity contribution in [2.24, 2.45) is 0 Å². The van der Waals surface area contributed by atoms with E-state index in [0.717, 1.165) is 17.8 Å². The van der Waals surface area contributed by atoms with Crippen LogP contribution >= 0.6 is 0 Å². The lowest BCUT2D eigenvalue weighted by Gasteiger charge is -2.30. The van der Waals surface area contributed by atoms with E-state index in [2.05, 4.69) is 22.5 Å². The Morgan fingerprint density at radius 3 is 3.00 bits per heavy atom. The first-order chi connectivity index (χ1) is 8.10. The number of carbonyl (C=O) groups is 1. The molecule has 0 unspecified atom stereocenters. The molecule has 92 valence electrons. The number of rotatable bonds is 2. The van der Waals surface area contributed by atoms with Crippen LogP contribution in [0.2, 0.25) is 0 Å². The fourth-order valence-electron chi connectivity index (χ4n) is 2.12.